The van der Waals surface area contributed by atoms with Crippen molar-refractivity contribution in [1.82, 2.24) is 4.90 Å². The summed E-state index contributed by atoms with van der Waals surface area (Å²) in [6, 6.07) is 18.6. The van der Waals surface area contributed by atoms with E-state index in [1.54, 1.807) is 80.8 Å². The number of anilines is 2. The van der Waals surface area contributed by atoms with Gasteiger partial charge in [0.1, 0.15) is 11.8 Å². The fraction of sp³-hybridized carbons (Fsp3) is 0.222. The smallest absolute Gasteiger partial charge is 0.256 e. The first-order valence-corrected chi connectivity index (χ1v) is 12.2. The summed E-state index contributed by atoms with van der Waals surface area (Å²) in [5.41, 5.74) is 1.89. The first-order valence-electron chi connectivity index (χ1n) is 11.4. The van der Waals surface area contributed by atoms with E-state index >= 15 is 0 Å². The van der Waals surface area contributed by atoms with Crippen molar-refractivity contribution in [2.45, 2.75) is 19.0 Å². The van der Waals surface area contributed by atoms with E-state index in [2.05, 4.69) is 5.32 Å². The van der Waals surface area contributed by atoms with Gasteiger partial charge in [0, 0.05) is 6.54 Å². The van der Waals surface area contributed by atoms with Crippen LogP contribution in [0.15, 0.2) is 66.7 Å². The number of rotatable bonds is 9. The van der Waals surface area contributed by atoms with E-state index in [0.29, 0.717) is 38.8 Å². The summed E-state index contributed by atoms with van der Waals surface area (Å²) in [5.74, 6) is 1.13. The molecule has 3 aromatic rings. The maximum atomic E-state index is 13.7. The van der Waals surface area contributed by atoms with Gasteiger partial charge in [0.05, 0.1) is 44.1 Å². The summed E-state index contributed by atoms with van der Waals surface area (Å²) in [6.07, 6.45) is -0.121. The van der Waals surface area contributed by atoms with Gasteiger partial charge in [-0.1, -0.05) is 29.8 Å². The van der Waals surface area contributed by atoms with Crippen LogP contribution in [-0.2, 0) is 16.1 Å². The van der Waals surface area contributed by atoms with Crippen LogP contribution in [0.25, 0.3) is 0 Å². The van der Waals surface area contributed by atoms with E-state index in [1.165, 1.54) is 4.90 Å². The van der Waals surface area contributed by atoms with Gasteiger partial charge in [-0.15, -0.1) is 0 Å². The number of nitrogens with zero attached hydrogens (tertiary/aromatic N) is 2. The van der Waals surface area contributed by atoms with Crippen molar-refractivity contribution < 1.29 is 23.8 Å². The lowest BCUT2D eigenvalue weighted by Crippen LogP contribution is -2.37. The Bertz CT molecular complexity index is 1320. The van der Waals surface area contributed by atoms with Crippen LogP contribution in [0.1, 0.15) is 12.0 Å². The van der Waals surface area contributed by atoms with Crippen molar-refractivity contribution in [3.8, 4) is 17.2 Å². The van der Waals surface area contributed by atoms with Crippen molar-refractivity contribution >= 4 is 52.1 Å². The van der Waals surface area contributed by atoms with Crippen LogP contribution in [0.5, 0.6) is 17.2 Å². The molecular weight excluding hydrogens is 514 g/mol. The number of benzene rings is 3. The standard InChI is InChI=1S/C27H26ClN3O5S/c1-34-19-11-9-18(10-12-19)31-26(33)22(15-25(32)29-21-7-5-4-6-20(21)28)30(27(31)37)16-17-8-13-23(35-2)24(14-17)36-3/h4-14,22H,15-16H2,1-3H3,(H,29,32)/t22-/m1/s1. The summed E-state index contributed by atoms with van der Waals surface area (Å²) in [4.78, 5) is 29.9. The molecule has 8 nitrogen and oxygen atoms in total. The Labute approximate surface area is 225 Å². The molecule has 0 spiro atoms. The molecule has 0 bridgehead atoms. The van der Waals surface area contributed by atoms with Crippen LogP contribution in [0.4, 0.5) is 11.4 Å². The molecule has 0 radical (unpaired) electrons. The van der Waals surface area contributed by atoms with Crippen molar-refractivity contribution in [1.29, 1.82) is 0 Å². The molecule has 2 amide bonds. The first-order chi connectivity index (χ1) is 17.9. The molecule has 192 valence electrons. The van der Waals surface area contributed by atoms with E-state index in [0.717, 1.165) is 5.56 Å². The van der Waals surface area contributed by atoms with Crippen LogP contribution in [0, 0.1) is 0 Å². The molecule has 1 saturated heterocycles. The summed E-state index contributed by atoms with van der Waals surface area (Å²) in [7, 11) is 4.68. The first kappa shape index (κ1) is 26.2. The third kappa shape index (κ3) is 5.63. The van der Waals surface area contributed by atoms with Crippen LogP contribution < -0.4 is 24.4 Å². The number of methoxy groups -OCH3 is 3. The fourth-order valence-electron chi connectivity index (χ4n) is 4.10. The summed E-state index contributed by atoms with van der Waals surface area (Å²) < 4.78 is 16.0. The minimum atomic E-state index is -0.829. The van der Waals surface area contributed by atoms with Gasteiger partial charge in [-0.05, 0) is 66.3 Å². The molecule has 1 N–H and O–H groups in total. The number of thiocarbonyl (C=S) groups is 1. The van der Waals surface area contributed by atoms with Gasteiger partial charge in [0.15, 0.2) is 16.6 Å². The number of hydrogen-bond acceptors (Lipinski definition) is 6. The Morgan fingerprint density at radius 3 is 2.32 bits per heavy atom. The maximum absolute atomic E-state index is 13.7. The SMILES string of the molecule is COc1ccc(N2C(=O)[C@@H](CC(=O)Nc3ccccc3Cl)N(Cc3ccc(OC)c(OC)c3)C2=S)cc1. The normalized spacial score (nSPS) is 15.1. The van der Waals surface area contributed by atoms with Crippen molar-refractivity contribution in [3.63, 3.8) is 0 Å². The van der Waals surface area contributed by atoms with Crippen molar-refractivity contribution in [2.24, 2.45) is 0 Å². The Balaban J connectivity index is 1.64. The third-order valence-corrected chi connectivity index (χ3v) is 6.72. The Hall–Kier alpha value is -3.82. The Morgan fingerprint density at radius 1 is 0.973 bits per heavy atom. The molecule has 1 aliphatic rings. The predicted molar refractivity (Wildman–Crippen MR) is 147 cm³/mol. The molecule has 1 aliphatic heterocycles. The molecule has 0 aliphatic carbocycles. The van der Waals surface area contributed by atoms with E-state index in [1.807, 2.05) is 12.1 Å². The minimum absolute atomic E-state index is 0.121. The second kappa shape index (κ2) is 11.5. The second-order valence-electron chi connectivity index (χ2n) is 8.22. The van der Waals surface area contributed by atoms with E-state index < -0.39 is 6.04 Å². The number of hydrogen-bond donors (Lipinski definition) is 1. The monoisotopic (exact) mass is 539 g/mol. The highest BCUT2D eigenvalue weighted by Gasteiger charge is 2.44. The van der Waals surface area contributed by atoms with Crippen LogP contribution >= 0.6 is 23.8 Å². The Kier molecular flexibility index (Phi) is 8.15. The zero-order valence-electron chi connectivity index (χ0n) is 20.6. The number of nitrogens with one attached hydrogen (secondary N) is 1. The second-order valence-corrected chi connectivity index (χ2v) is 8.99. The highest BCUT2D eigenvalue weighted by molar-refractivity contribution is 7.80. The molecule has 0 aromatic heterocycles. The third-order valence-electron chi connectivity index (χ3n) is 5.98. The van der Waals surface area contributed by atoms with Gasteiger partial charge in [-0.2, -0.15) is 0 Å². The molecule has 10 heteroatoms. The zero-order chi connectivity index (χ0) is 26.5. The molecule has 1 heterocycles. The number of para-hydroxylation sites is 1. The van der Waals surface area contributed by atoms with Gasteiger partial charge >= 0.3 is 0 Å². The van der Waals surface area contributed by atoms with Crippen molar-refractivity contribution in [3.05, 3.63) is 77.3 Å². The minimum Gasteiger partial charge on any atom is -0.497 e. The molecule has 3 aromatic carbocycles. The topological polar surface area (TPSA) is 80.3 Å². The lowest BCUT2D eigenvalue weighted by molar-refractivity contribution is -0.124. The molecule has 37 heavy (non-hydrogen) atoms. The molecule has 4 rings (SSSR count). The van der Waals surface area contributed by atoms with Crippen molar-refractivity contribution in [2.75, 3.05) is 31.5 Å². The summed E-state index contributed by atoms with van der Waals surface area (Å²) in [6.45, 7) is 0.279. The number of carbonyl (C=O) groups is 2. The average Bonchev–Trinajstić information content (AvgIpc) is 3.13. The van der Waals surface area contributed by atoms with Gasteiger partial charge in [0.2, 0.25) is 5.91 Å². The molecule has 0 unspecified atom stereocenters. The highest BCUT2D eigenvalue weighted by Crippen LogP contribution is 2.33. The Morgan fingerprint density at radius 2 is 1.68 bits per heavy atom. The fourth-order valence-corrected chi connectivity index (χ4v) is 4.67. The summed E-state index contributed by atoms with van der Waals surface area (Å²) in [5, 5.41) is 3.50. The van der Waals surface area contributed by atoms with Gasteiger partial charge in [-0.25, -0.2) is 0 Å². The quantitative estimate of drug-likeness (QED) is 0.387. The lowest BCUT2D eigenvalue weighted by atomic mass is 10.1. The highest BCUT2D eigenvalue weighted by atomic mass is 35.5. The van der Waals surface area contributed by atoms with E-state index in [-0.39, 0.29) is 24.8 Å². The lowest BCUT2D eigenvalue weighted by Gasteiger charge is -2.24. The summed E-state index contributed by atoms with van der Waals surface area (Å²) >= 11 is 12.0. The average molecular weight is 540 g/mol. The van der Waals surface area contributed by atoms with Crippen LogP contribution in [0.2, 0.25) is 5.02 Å². The molecular formula is C27H26ClN3O5S. The molecule has 1 atom stereocenters. The van der Waals surface area contributed by atoms with E-state index in [4.69, 9.17) is 38.0 Å². The van der Waals surface area contributed by atoms with E-state index in [9.17, 15) is 9.59 Å². The van der Waals surface area contributed by atoms with Crippen LogP contribution in [0.3, 0.4) is 0 Å². The maximum Gasteiger partial charge on any atom is 0.256 e. The van der Waals surface area contributed by atoms with Gasteiger partial charge in [0.25, 0.3) is 5.91 Å². The van der Waals surface area contributed by atoms with Gasteiger partial charge < -0.3 is 24.4 Å². The molecule has 0 saturated carbocycles. The van der Waals surface area contributed by atoms with Gasteiger partial charge in [-0.3, -0.25) is 14.5 Å². The predicted octanol–water partition coefficient (Wildman–Crippen LogP) is 4.90. The zero-order valence-corrected chi connectivity index (χ0v) is 22.1. The number of amides is 2. The van der Waals surface area contributed by atoms with Crippen LogP contribution in [-0.4, -0.2) is 49.2 Å². The molecule has 1 fully saturated rings. The number of halogens is 1. The largest absolute Gasteiger partial charge is 0.497 e. The number of carbonyl (C=O) groups excluding carboxylic acids is 2. The number of ether oxygens (including phenoxy) is 3.